The predicted octanol–water partition coefficient (Wildman–Crippen LogP) is 3.23. The van der Waals surface area contributed by atoms with Crippen LogP contribution in [-0.4, -0.2) is 49.5 Å². The van der Waals surface area contributed by atoms with Crippen molar-refractivity contribution in [2.75, 3.05) is 33.7 Å². The van der Waals surface area contributed by atoms with Gasteiger partial charge in [0.05, 0.1) is 12.6 Å². The Morgan fingerprint density at radius 3 is 2.33 bits per heavy atom. The lowest BCUT2D eigenvalue weighted by atomic mass is 10.00. The Kier molecular flexibility index (Phi) is 8.35. The Morgan fingerprint density at radius 1 is 1.29 bits per heavy atom. The molecule has 0 amide bonds. The summed E-state index contributed by atoms with van der Waals surface area (Å²) >= 11 is 0. The van der Waals surface area contributed by atoms with Gasteiger partial charge in [-0.3, -0.25) is 4.99 Å². The first-order valence-electron chi connectivity index (χ1n) is 8.05. The summed E-state index contributed by atoms with van der Waals surface area (Å²) in [4.78, 5) is 8.20. The molecule has 1 unspecified atom stereocenters. The minimum atomic E-state index is -0.552. The molecule has 1 aliphatic heterocycles. The number of hydrogen-bond donors (Lipinski definition) is 1. The minimum Gasteiger partial charge on any atom is -0.370 e. The van der Waals surface area contributed by atoms with E-state index in [1.165, 1.54) is 18.2 Å². The van der Waals surface area contributed by atoms with Crippen LogP contribution in [0.15, 0.2) is 23.2 Å². The first-order chi connectivity index (χ1) is 10.9. The number of benzene rings is 1. The van der Waals surface area contributed by atoms with Crippen LogP contribution in [0.5, 0.6) is 0 Å². The summed E-state index contributed by atoms with van der Waals surface area (Å²) in [6.07, 6.45) is 2.19. The van der Waals surface area contributed by atoms with E-state index in [0.29, 0.717) is 11.9 Å². The maximum Gasteiger partial charge on any atom is 0.191 e. The monoisotopic (exact) mass is 452 g/mol. The molecule has 4 nitrogen and oxygen atoms in total. The van der Waals surface area contributed by atoms with Crippen molar-refractivity contribution < 1.29 is 8.78 Å². The number of halogens is 3. The topological polar surface area (TPSA) is 44.9 Å². The molecule has 1 aliphatic rings. The molecule has 24 heavy (non-hydrogen) atoms. The summed E-state index contributed by atoms with van der Waals surface area (Å²) in [5.74, 6) is 0.0649. The third-order valence-electron chi connectivity index (χ3n) is 4.49. The van der Waals surface area contributed by atoms with E-state index in [1.807, 2.05) is 4.90 Å². The number of likely N-dealkylation sites (N-methyl/N-ethyl adjacent to an activating group) is 1. The van der Waals surface area contributed by atoms with Crippen LogP contribution in [0.3, 0.4) is 0 Å². The number of aliphatic imine (C=N–C) groups is 1. The van der Waals surface area contributed by atoms with Gasteiger partial charge >= 0.3 is 0 Å². The Balaban J connectivity index is 0.00000288. The van der Waals surface area contributed by atoms with E-state index >= 15 is 0 Å². The number of nitrogens with two attached hydrogens (primary N) is 1. The molecule has 0 radical (unpaired) electrons. The molecular weight excluding hydrogens is 425 g/mol. The summed E-state index contributed by atoms with van der Waals surface area (Å²) in [6, 6.07) is 3.42. The molecule has 7 heteroatoms. The van der Waals surface area contributed by atoms with Crippen LogP contribution in [0.25, 0.3) is 0 Å². The van der Waals surface area contributed by atoms with Crippen molar-refractivity contribution in [2.24, 2.45) is 16.6 Å². The minimum absolute atomic E-state index is 0. The van der Waals surface area contributed by atoms with Crippen molar-refractivity contribution >= 4 is 29.9 Å². The van der Waals surface area contributed by atoms with Crippen LogP contribution < -0.4 is 5.73 Å². The van der Waals surface area contributed by atoms with Gasteiger partial charge in [-0.2, -0.15) is 0 Å². The van der Waals surface area contributed by atoms with Crippen LogP contribution in [0.4, 0.5) is 8.78 Å². The maximum atomic E-state index is 14.0. The fourth-order valence-electron chi connectivity index (χ4n) is 2.86. The molecule has 1 aromatic carbocycles. The first-order valence-corrected chi connectivity index (χ1v) is 8.05. The highest BCUT2D eigenvalue weighted by atomic mass is 127. The second kappa shape index (κ2) is 9.50. The van der Waals surface area contributed by atoms with E-state index in [0.717, 1.165) is 25.9 Å². The molecule has 1 atom stereocenters. The lowest BCUT2D eigenvalue weighted by molar-refractivity contribution is 0.271. The molecule has 0 aliphatic carbocycles. The molecule has 2 rings (SSSR count). The van der Waals surface area contributed by atoms with Gasteiger partial charge in [0.1, 0.15) is 11.6 Å². The summed E-state index contributed by atoms with van der Waals surface area (Å²) < 4.78 is 28.1. The van der Waals surface area contributed by atoms with Crippen molar-refractivity contribution in [3.8, 4) is 0 Å². The van der Waals surface area contributed by atoms with Gasteiger partial charge in [-0.25, -0.2) is 8.78 Å². The van der Waals surface area contributed by atoms with Crippen LogP contribution in [0.2, 0.25) is 0 Å². The van der Waals surface area contributed by atoms with Gasteiger partial charge in [0.2, 0.25) is 0 Å². The van der Waals surface area contributed by atoms with Crippen LogP contribution >= 0.6 is 24.0 Å². The van der Waals surface area contributed by atoms with Gasteiger partial charge in [0.15, 0.2) is 5.96 Å². The molecule has 0 aromatic heterocycles. The molecular formula is C17H27F2IN4. The Bertz CT molecular complexity index is 537. The lowest BCUT2D eigenvalue weighted by Gasteiger charge is -2.31. The molecule has 1 heterocycles. The molecule has 1 aromatic rings. The highest BCUT2D eigenvalue weighted by molar-refractivity contribution is 14.0. The summed E-state index contributed by atoms with van der Waals surface area (Å²) in [5, 5.41) is 0. The van der Waals surface area contributed by atoms with E-state index in [-0.39, 0.29) is 36.1 Å². The van der Waals surface area contributed by atoms with E-state index in [2.05, 4.69) is 11.9 Å². The van der Waals surface area contributed by atoms with Crippen molar-refractivity contribution in [2.45, 2.75) is 25.8 Å². The number of hydrogen-bond acceptors (Lipinski definition) is 2. The number of nitrogens with zero attached hydrogens (tertiary/aromatic N) is 3. The number of likely N-dealkylation sites (tertiary alicyclic amines) is 1. The molecule has 0 bridgehead atoms. The normalized spacial score (nSPS) is 17.8. The fraction of sp³-hybridized carbons (Fsp3) is 0.588. The van der Waals surface area contributed by atoms with Gasteiger partial charge in [0, 0.05) is 18.7 Å². The Hall–Kier alpha value is -0.960. The van der Waals surface area contributed by atoms with Gasteiger partial charge in [-0.1, -0.05) is 13.0 Å². The number of guanidine groups is 1. The maximum absolute atomic E-state index is 14.0. The van der Waals surface area contributed by atoms with Crippen molar-refractivity contribution in [3.05, 3.63) is 35.4 Å². The van der Waals surface area contributed by atoms with Gasteiger partial charge in [0.25, 0.3) is 0 Å². The van der Waals surface area contributed by atoms with Crippen LogP contribution in [0, 0.1) is 17.6 Å². The van der Waals surface area contributed by atoms with E-state index in [1.54, 1.807) is 19.0 Å². The van der Waals surface area contributed by atoms with Gasteiger partial charge < -0.3 is 15.5 Å². The third-order valence-corrected chi connectivity index (χ3v) is 4.49. The molecule has 0 saturated carbocycles. The average molecular weight is 452 g/mol. The molecule has 1 fully saturated rings. The smallest absolute Gasteiger partial charge is 0.191 e. The second-order valence-electron chi connectivity index (χ2n) is 6.48. The zero-order valence-electron chi connectivity index (χ0n) is 14.5. The zero-order valence-corrected chi connectivity index (χ0v) is 16.8. The molecule has 0 spiro atoms. The fourth-order valence-corrected chi connectivity index (χ4v) is 2.86. The van der Waals surface area contributed by atoms with Crippen molar-refractivity contribution in [3.63, 3.8) is 0 Å². The van der Waals surface area contributed by atoms with Crippen LogP contribution in [0.1, 0.15) is 31.4 Å². The van der Waals surface area contributed by atoms with E-state index in [9.17, 15) is 8.78 Å². The number of rotatable bonds is 4. The highest BCUT2D eigenvalue weighted by Crippen LogP contribution is 2.25. The predicted molar refractivity (Wildman–Crippen MR) is 105 cm³/mol. The Labute approximate surface area is 160 Å². The third kappa shape index (κ3) is 5.27. The van der Waals surface area contributed by atoms with Crippen molar-refractivity contribution in [1.82, 2.24) is 9.80 Å². The molecule has 2 N–H and O–H groups in total. The average Bonchev–Trinajstić information content (AvgIpc) is 2.50. The largest absolute Gasteiger partial charge is 0.370 e. The standard InChI is InChI=1S/C17H26F2N4.HI/c1-12-7-9-23(10-8-12)17(20)21-11-15(22(2)3)16-13(18)5-4-6-14(16)19;/h4-6,12,15H,7-11H2,1-3H3,(H2,20,21);1H. The lowest BCUT2D eigenvalue weighted by Crippen LogP contribution is -2.43. The molecule has 136 valence electrons. The van der Waals surface area contributed by atoms with Crippen LogP contribution in [-0.2, 0) is 0 Å². The van der Waals surface area contributed by atoms with Gasteiger partial charge in [-0.05, 0) is 45.0 Å². The first kappa shape index (κ1) is 21.1. The van der Waals surface area contributed by atoms with Gasteiger partial charge in [-0.15, -0.1) is 24.0 Å². The highest BCUT2D eigenvalue weighted by Gasteiger charge is 2.23. The van der Waals surface area contributed by atoms with E-state index in [4.69, 9.17) is 5.73 Å². The SMILES string of the molecule is CC1CCN(C(N)=NCC(c2c(F)cccc2F)N(C)C)CC1.I. The zero-order chi connectivity index (χ0) is 17.0. The number of piperidine rings is 1. The quantitative estimate of drug-likeness (QED) is 0.434. The van der Waals surface area contributed by atoms with E-state index < -0.39 is 17.7 Å². The summed E-state index contributed by atoms with van der Waals surface area (Å²) in [5.41, 5.74) is 6.11. The van der Waals surface area contributed by atoms with Crippen molar-refractivity contribution in [1.29, 1.82) is 0 Å². The second-order valence-corrected chi connectivity index (χ2v) is 6.48. The summed E-state index contributed by atoms with van der Waals surface area (Å²) in [6.45, 7) is 4.23. The molecule has 1 saturated heterocycles. The Morgan fingerprint density at radius 2 is 1.83 bits per heavy atom. The summed E-state index contributed by atoms with van der Waals surface area (Å²) in [7, 11) is 3.57.